The van der Waals surface area contributed by atoms with E-state index in [1.165, 1.54) is 0 Å². The van der Waals surface area contributed by atoms with Crippen molar-refractivity contribution < 1.29 is 14.3 Å². The molecule has 0 unspecified atom stereocenters. The van der Waals surface area contributed by atoms with E-state index in [1.807, 2.05) is 0 Å². The Balaban J connectivity index is 2.02. The number of nitrogen functional groups attached to an aromatic ring is 1. The van der Waals surface area contributed by atoms with Gasteiger partial charge < -0.3 is 15.2 Å². The Labute approximate surface area is 120 Å². The number of nitrogens with two attached hydrogens (primary N) is 1. The number of methoxy groups -OCH3 is 1. The molecule has 0 radical (unpaired) electrons. The zero-order chi connectivity index (χ0) is 14.8. The quantitative estimate of drug-likeness (QED) is 0.679. The number of ether oxygens (including phenoxy) is 2. The van der Waals surface area contributed by atoms with Crippen LogP contribution in [0.15, 0.2) is 18.2 Å². The van der Waals surface area contributed by atoms with Crippen LogP contribution < -0.4 is 10.5 Å². The number of carbonyl (C=O) groups is 1. The maximum absolute atomic E-state index is 12.2. The normalized spacial score (nSPS) is 18.6. The third kappa shape index (κ3) is 3.44. The van der Waals surface area contributed by atoms with E-state index in [0.717, 1.165) is 25.7 Å². The van der Waals surface area contributed by atoms with Crippen molar-refractivity contribution in [1.82, 2.24) is 0 Å². The lowest BCUT2D eigenvalue weighted by Gasteiger charge is -2.33. The predicted octanol–water partition coefficient (Wildman–Crippen LogP) is 3.40. The molecule has 0 saturated heterocycles. The highest BCUT2D eigenvalue weighted by Gasteiger charge is 2.29. The second-order valence-electron chi connectivity index (χ2n) is 6.22. The highest BCUT2D eigenvalue weighted by molar-refractivity contribution is 5.95. The molecule has 2 rings (SSSR count). The van der Waals surface area contributed by atoms with Gasteiger partial charge in [0.2, 0.25) is 0 Å². The highest BCUT2D eigenvalue weighted by atomic mass is 16.5. The first-order chi connectivity index (χ1) is 9.41. The molecule has 0 amide bonds. The van der Waals surface area contributed by atoms with Gasteiger partial charge in [-0.1, -0.05) is 13.8 Å². The fourth-order valence-corrected chi connectivity index (χ4v) is 2.54. The Kier molecular flexibility index (Phi) is 4.21. The van der Waals surface area contributed by atoms with E-state index in [1.54, 1.807) is 25.3 Å². The molecular weight excluding hydrogens is 254 g/mol. The minimum Gasteiger partial charge on any atom is -0.497 e. The number of rotatable bonds is 3. The van der Waals surface area contributed by atoms with Gasteiger partial charge in [-0.25, -0.2) is 4.79 Å². The molecule has 0 bridgehead atoms. The lowest BCUT2D eigenvalue weighted by molar-refractivity contribution is 0.00959. The van der Waals surface area contributed by atoms with Crippen molar-refractivity contribution in [2.75, 3.05) is 12.8 Å². The van der Waals surface area contributed by atoms with Crippen molar-refractivity contribution in [2.45, 2.75) is 45.6 Å². The molecule has 4 heteroatoms. The van der Waals surface area contributed by atoms with Gasteiger partial charge in [0.25, 0.3) is 0 Å². The first kappa shape index (κ1) is 14.7. The SMILES string of the molecule is COc1ccc(N)c(C(=O)OC2CCC(C)(C)CC2)c1. The molecule has 4 nitrogen and oxygen atoms in total. The lowest BCUT2D eigenvalue weighted by Crippen LogP contribution is -2.28. The van der Waals surface area contributed by atoms with Gasteiger partial charge in [0.05, 0.1) is 12.7 Å². The van der Waals surface area contributed by atoms with Gasteiger partial charge in [0.1, 0.15) is 11.9 Å². The summed E-state index contributed by atoms with van der Waals surface area (Å²) in [7, 11) is 1.56. The van der Waals surface area contributed by atoms with Crippen LogP contribution in [-0.4, -0.2) is 19.2 Å². The average Bonchev–Trinajstić information content (AvgIpc) is 2.41. The van der Waals surface area contributed by atoms with Crippen molar-refractivity contribution in [3.8, 4) is 5.75 Å². The van der Waals surface area contributed by atoms with E-state index in [4.69, 9.17) is 15.2 Å². The molecule has 1 saturated carbocycles. The van der Waals surface area contributed by atoms with Crippen LogP contribution in [0, 0.1) is 5.41 Å². The summed E-state index contributed by atoms with van der Waals surface area (Å²) < 4.78 is 10.7. The van der Waals surface area contributed by atoms with Crippen LogP contribution in [0.5, 0.6) is 5.75 Å². The summed E-state index contributed by atoms with van der Waals surface area (Å²) in [6.07, 6.45) is 4.00. The lowest BCUT2D eigenvalue weighted by atomic mass is 9.76. The second-order valence-corrected chi connectivity index (χ2v) is 6.22. The third-order valence-corrected chi connectivity index (χ3v) is 4.04. The number of anilines is 1. The van der Waals surface area contributed by atoms with Crippen LogP contribution in [0.3, 0.4) is 0 Å². The number of esters is 1. The van der Waals surface area contributed by atoms with E-state index in [9.17, 15) is 4.79 Å². The standard InChI is InChI=1S/C16H23NO3/c1-16(2)8-6-11(7-9-16)20-15(18)13-10-12(19-3)4-5-14(13)17/h4-5,10-11H,6-9,17H2,1-3H3. The van der Waals surface area contributed by atoms with Crippen LogP contribution in [0.1, 0.15) is 49.9 Å². The molecule has 0 spiro atoms. The largest absolute Gasteiger partial charge is 0.497 e. The van der Waals surface area contributed by atoms with Crippen LogP contribution in [-0.2, 0) is 4.74 Å². The van der Waals surface area contributed by atoms with Gasteiger partial charge in [-0.15, -0.1) is 0 Å². The minimum atomic E-state index is -0.355. The average molecular weight is 277 g/mol. The summed E-state index contributed by atoms with van der Waals surface area (Å²) >= 11 is 0. The van der Waals surface area contributed by atoms with Crippen LogP contribution >= 0.6 is 0 Å². The molecule has 110 valence electrons. The topological polar surface area (TPSA) is 61.5 Å². The van der Waals surface area contributed by atoms with Crippen LogP contribution in [0.2, 0.25) is 0 Å². The fraction of sp³-hybridized carbons (Fsp3) is 0.562. The van der Waals surface area contributed by atoms with E-state index < -0.39 is 0 Å². The van der Waals surface area contributed by atoms with E-state index in [2.05, 4.69) is 13.8 Å². The van der Waals surface area contributed by atoms with Crippen LogP contribution in [0.25, 0.3) is 0 Å². The predicted molar refractivity (Wildman–Crippen MR) is 78.9 cm³/mol. The fourth-order valence-electron chi connectivity index (χ4n) is 2.54. The molecule has 0 aromatic heterocycles. The molecule has 1 aliphatic carbocycles. The monoisotopic (exact) mass is 277 g/mol. The molecule has 1 aliphatic rings. The van der Waals surface area contributed by atoms with E-state index in [-0.39, 0.29) is 12.1 Å². The molecule has 0 heterocycles. The van der Waals surface area contributed by atoms with Crippen molar-refractivity contribution in [1.29, 1.82) is 0 Å². The van der Waals surface area contributed by atoms with Gasteiger partial charge >= 0.3 is 5.97 Å². The molecule has 20 heavy (non-hydrogen) atoms. The van der Waals surface area contributed by atoms with Crippen molar-refractivity contribution >= 4 is 11.7 Å². The van der Waals surface area contributed by atoms with Gasteiger partial charge in [-0.2, -0.15) is 0 Å². The van der Waals surface area contributed by atoms with Crippen molar-refractivity contribution in [3.05, 3.63) is 23.8 Å². The van der Waals surface area contributed by atoms with Crippen molar-refractivity contribution in [3.63, 3.8) is 0 Å². The Morgan fingerprint density at radius 3 is 2.55 bits per heavy atom. The maximum Gasteiger partial charge on any atom is 0.340 e. The number of carbonyl (C=O) groups excluding carboxylic acids is 1. The summed E-state index contributed by atoms with van der Waals surface area (Å²) in [6.45, 7) is 4.51. The zero-order valence-electron chi connectivity index (χ0n) is 12.4. The molecule has 0 atom stereocenters. The van der Waals surface area contributed by atoms with Gasteiger partial charge in [0, 0.05) is 5.69 Å². The molecule has 1 aromatic carbocycles. The Bertz CT molecular complexity index is 486. The Morgan fingerprint density at radius 2 is 1.95 bits per heavy atom. The van der Waals surface area contributed by atoms with Crippen LogP contribution in [0.4, 0.5) is 5.69 Å². The highest BCUT2D eigenvalue weighted by Crippen LogP contribution is 2.36. The van der Waals surface area contributed by atoms with E-state index >= 15 is 0 Å². The van der Waals surface area contributed by atoms with Crippen molar-refractivity contribution in [2.24, 2.45) is 5.41 Å². The summed E-state index contributed by atoms with van der Waals surface area (Å²) in [5.41, 5.74) is 7.00. The van der Waals surface area contributed by atoms with Gasteiger partial charge in [0.15, 0.2) is 0 Å². The smallest absolute Gasteiger partial charge is 0.340 e. The number of hydrogen-bond donors (Lipinski definition) is 1. The Hall–Kier alpha value is -1.71. The summed E-state index contributed by atoms with van der Waals surface area (Å²) in [5.74, 6) is 0.252. The number of benzene rings is 1. The molecular formula is C16H23NO3. The molecule has 1 aromatic rings. The maximum atomic E-state index is 12.2. The first-order valence-corrected chi connectivity index (χ1v) is 7.06. The summed E-state index contributed by atoms with van der Waals surface area (Å²) in [5, 5.41) is 0. The summed E-state index contributed by atoms with van der Waals surface area (Å²) in [4.78, 5) is 12.2. The first-order valence-electron chi connectivity index (χ1n) is 7.06. The molecule has 1 fully saturated rings. The van der Waals surface area contributed by atoms with E-state index in [0.29, 0.717) is 22.4 Å². The zero-order valence-corrected chi connectivity index (χ0v) is 12.4. The Morgan fingerprint density at radius 1 is 1.30 bits per heavy atom. The summed E-state index contributed by atoms with van der Waals surface area (Å²) in [6, 6.07) is 5.03. The third-order valence-electron chi connectivity index (χ3n) is 4.04. The molecule has 2 N–H and O–H groups in total. The van der Waals surface area contributed by atoms with Gasteiger partial charge in [-0.3, -0.25) is 0 Å². The minimum absolute atomic E-state index is 0.00104. The molecule has 0 aliphatic heterocycles. The van der Waals surface area contributed by atoms with Gasteiger partial charge in [-0.05, 0) is 49.3 Å². The second kappa shape index (κ2) is 5.73. The number of hydrogen-bond acceptors (Lipinski definition) is 4.